The van der Waals surface area contributed by atoms with Crippen LogP contribution in [0.2, 0.25) is 5.02 Å². The Morgan fingerprint density at radius 2 is 1.58 bits per heavy atom. The molecule has 2 fully saturated rings. The highest BCUT2D eigenvalue weighted by Crippen LogP contribution is 2.23. The zero-order chi connectivity index (χ0) is 22.2. The second-order valence-corrected chi connectivity index (χ2v) is 8.88. The van der Waals surface area contributed by atoms with Gasteiger partial charge in [-0.3, -0.25) is 24.7 Å². The fourth-order valence-corrected chi connectivity index (χ4v) is 4.35. The summed E-state index contributed by atoms with van der Waals surface area (Å²) in [7, 11) is 0. The third kappa shape index (κ3) is 7.48. The van der Waals surface area contributed by atoms with Crippen LogP contribution in [-0.2, 0) is 9.59 Å². The third-order valence-electron chi connectivity index (χ3n) is 6.03. The number of nitrogens with zero attached hydrogens (tertiary/aromatic N) is 2. The number of hydrogen-bond donors (Lipinski definition) is 3. The first-order valence-electron chi connectivity index (χ1n) is 11.0. The van der Waals surface area contributed by atoms with Crippen LogP contribution >= 0.6 is 11.6 Å². The molecular formula is C22H32ClN5O3. The van der Waals surface area contributed by atoms with Crippen molar-refractivity contribution in [2.45, 2.75) is 38.6 Å². The Bertz CT molecular complexity index is 782. The molecule has 4 amide bonds. The summed E-state index contributed by atoms with van der Waals surface area (Å²) in [5, 5.41) is 8.72. The Morgan fingerprint density at radius 1 is 0.968 bits per heavy atom. The number of anilines is 1. The molecule has 0 radical (unpaired) electrons. The van der Waals surface area contributed by atoms with E-state index in [-0.39, 0.29) is 30.9 Å². The van der Waals surface area contributed by atoms with Gasteiger partial charge in [0.1, 0.15) is 0 Å². The molecule has 170 valence electrons. The van der Waals surface area contributed by atoms with Crippen molar-refractivity contribution in [2.24, 2.45) is 5.92 Å². The topological polar surface area (TPSA) is 93.8 Å². The lowest BCUT2D eigenvalue weighted by Gasteiger charge is -2.34. The van der Waals surface area contributed by atoms with Crippen molar-refractivity contribution >= 4 is 35.1 Å². The van der Waals surface area contributed by atoms with E-state index in [4.69, 9.17) is 11.6 Å². The SMILES string of the molecule is C[C@@H]1CCCC[C@@H]1NC(=O)NC(=O)CN1CCN(CC(=O)Nc2ccccc2Cl)CC1. The monoisotopic (exact) mass is 449 g/mol. The molecule has 0 unspecified atom stereocenters. The van der Waals surface area contributed by atoms with Crippen molar-refractivity contribution in [3.05, 3.63) is 29.3 Å². The molecule has 1 aromatic rings. The smallest absolute Gasteiger partial charge is 0.321 e. The zero-order valence-corrected chi connectivity index (χ0v) is 18.8. The van der Waals surface area contributed by atoms with Crippen molar-refractivity contribution in [1.82, 2.24) is 20.4 Å². The van der Waals surface area contributed by atoms with E-state index in [1.54, 1.807) is 12.1 Å². The van der Waals surface area contributed by atoms with Gasteiger partial charge in [-0.25, -0.2) is 4.79 Å². The maximum atomic E-state index is 12.3. The number of carbonyl (C=O) groups excluding carboxylic acids is 3. The number of hydrogen-bond acceptors (Lipinski definition) is 5. The van der Waals surface area contributed by atoms with Gasteiger partial charge in [0.05, 0.1) is 23.8 Å². The van der Waals surface area contributed by atoms with E-state index < -0.39 is 6.03 Å². The molecule has 1 saturated carbocycles. The van der Waals surface area contributed by atoms with Crippen molar-refractivity contribution in [1.29, 1.82) is 0 Å². The van der Waals surface area contributed by atoms with Crippen LogP contribution in [0.1, 0.15) is 32.6 Å². The van der Waals surface area contributed by atoms with Crippen LogP contribution in [0, 0.1) is 5.92 Å². The number of halogens is 1. The summed E-state index contributed by atoms with van der Waals surface area (Å²) in [6.07, 6.45) is 4.39. The lowest BCUT2D eigenvalue weighted by molar-refractivity contribution is -0.122. The van der Waals surface area contributed by atoms with E-state index in [0.29, 0.717) is 42.8 Å². The lowest BCUT2D eigenvalue weighted by Crippen LogP contribution is -2.53. The van der Waals surface area contributed by atoms with Gasteiger partial charge in [-0.2, -0.15) is 0 Å². The predicted molar refractivity (Wildman–Crippen MR) is 121 cm³/mol. The lowest BCUT2D eigenvalue weighted by atomic mass is 9.86. The molecule has 8 nitrogen and oxygen atoms in total. The van der Waals surface area contributed by atoms with Crippen LogP contribution in [0.4, 0.5) is 10.5 Å². The predicted octanol–water partition coefficient (Wildman–Crippen LogP) is 2.30. The normalized spacial score (nSPS) is 22.5. The second kappa shape index (κ2) is 11.5. The molecule has 1 aliphatic carbocycles. The van der Waals surface area contributed by atoms with Gasteiger partial charge in [-0.05, 0) is 30.9 Å². The van der Waals surface area contributed by atoms with Crippen LogP contribution in [0.25, 0.3) is 0 Å². The van der Waals surface area contributed by atoms with Crippen LogP contribution in [0.15, 0.2) is 24.3 Å². The average molecular weight is 450 g/mol. The molecule has 31 heavy (non-hydrogen) atoms. The Labute approximate surface area is 188 Å². The van der Waals surface area contributed by atoms with Crippen molar-refractivity contribution < 1.29 is 14.4 Å². The summed E-state index contributed by atoms with van der Waals surface area (Å²) in [6.45, 7) is 5.26. The Morgan fingerprint density at radius 3 is 2.23 bits per heavy atom. The number of urea groups is 1. The first-order valence-corrected chi connectivity index (χ1v) is 11.4. The second-order valence-electron chi connectivity index (χ2n) is 8.47. The van der Waals surface area contributed by atoms with Gasteiger partial charge in [0, 0.05) is 32.2 Å². The van der Waals surface area contributed by atoms with Crippen LogP contribution in [0.3, 0.4) is 0 Å². The van der Waals surface area contributed by atoms with E-state index in [1.165, 1.54) is 6.42 Å². The minimum absolute atomic E-state index is 0.118. The minimum Gasteiger partial charge on any atom is -0.335 e. The molecule has 1 aliphatic heterocycles. The number of imide groups is 1. The summed E-state index contributed by atoms with van der Waals surface area (Å²) < 4.78 is 0. The zero-order valence-electron chi connectivity index (χ0n) is 18.0. The Hall–Kier alpha value is -2.16. The van der Waals surface area contributed by atoms with Gasteiger partial charge in [0.25, 0.3) is 0 Å². The van der Waals surface area contributed by atoms with Crippen LogP contribution in [-0.4, -0.2) is 73.0 Å². The maximum absolute atomic E-state index is 12.3. The Balaban J connectivity index is 1.34. The average Bonchev–Trinajstić information content (AvgIpc) is 2.73. The summed E-state index contributed by atoms with van der Waals surface area (Å²) in [5.74, 6) is 0.0246. The van der Waals surface area contributed by atoms with E-state index in [9.17, 15) is 14.4 Å². The Kier molecular flexibility index (Phi) is 8.69. The highest BCUT2D eigenvalue weighted by Gasteiger charge is 2.25. The van der Waals surface area contributed by atoms with Crippen molar-refractivity contribution in [3.63, 3.8) is 0 Å². The van der Waals surface area contributed by atoms with E-state index in [0.717, 1.165) is 19.3 Å². The number of carbonyl (C=O) groups is 3. The quantitative estimate of drug-likeness (QED) is 0.619. The number of piperazine rings is 1. The molecule has 3 N–H and O–H groups in total. The van der Waals surface area contributed by atoms with Gasteiger partial charge in [0.2, 0.25) is 11.8 Å². The third-order valence-corrected chi connectivity index (χ3v) is 6.36. The van der Waals surface area contributed by atoms with Gasteiger partial charge < -0.3 is 10.6 Å². The van der Waals surface area contributed by atoms with Gasteiger partial charge in [-0.15, -0.1) is 0 Å². The number of rotatable bonds is 6. The number of para-hydroxylation sites is 1. The first kappa shape index (κ1) is 23.5. The van der Waals surface area contributed by atoms with E-state index in [1.807, 2.05) is 21.9 Å². The summed E-state index contributed by atoms with van der Waals surface area (Å²) in [6, 6.07) is 6.87. The van der Waals surface area contributed by atoms with E-state index >= 15 is 0 Å². The molecule has 2 atom stereocenters. The van der Waals surface area contributed by atoms with Crippen molar-refractivity contribution in [3.8, 4) is 0 Å². The highest BCUT2D eigenvalue weighted by atomic mass is 35.5. The summed E-state index contributed by atoms with van der Waals surface area (Å²) >= 11 is 6.07. The number of nitrogens with one attached hydrogen (secondary N) is 3. The molecule has 0 aromatic heterocycles. The molecule has 1 aromatic carbocycles. The summed E-state index contributed by atoms with van der Waals surface area (Å²) in [5.41, 5.74) is 0.602. The van der Waals surface area contributed by atoms with Gasteiger partial charge in [-0.1, -0.05) is 43.5 Å². The number of benzene rings is 1. The van der Waals surface area contributed by atoms with Gasteiger partial charge in [0.15, 0.2) is 0 Å². The van der Waals surface area contributed by atoms with Crippen LogP contribution in [0.5, 0.6) is 0 Å². The molecule has 3 rings (SSSR count). The van der Waals surface area contributed by atoms with Crippen LogP contribution < -0.4 is 16.0 Å². The van der Waals surface area contributed by atoms with E-state index in [2.05, 4.69) is 22.9 Å². The molecule has 1 saturated heterocycles. The standard InChI is InChI=1S/C22H32ClN5O3/c1-16-6-2-4-8-18(16)25-22(31)26-21(30)15-28-12-10-27(11-13-28)14-20(29)24-19-9-5-3-7-17(19)23/h3,5,7,9,16,18H,2,4,6,8,10-15H2,1H3,(H,24,29)(H2,25,26,30,31)/t16-,18+/m1/s1. The highest BCUT2D eigenvalue weighted by molar-refractivity contribution is 6.33. The fourth-order valence-electron chi connectivity index (χ4n) is 4.17. The number of amides is 4. The first-order chi connectivity index (χ1) is 14.9. The largest absolute Gasteiger partial charge is 0.335 e. The van der Waals surface area contributed by atoms with Gasteiger partial charge >= 0.3 is 6.03 Å². The molecule has 1 heterocycles. The molecule has 0 spiro atoms. The molecule has 2 aliphatic rings. The molecule has 9 heteroatoms. The van der Waals surface area contributed by atoms with Crippen molar-refractivity contribution in [2.75, 3.05) is 44.6 Å². The maximum Gasteiger partial charge on any atom is 0.321 e. The molecular weight excluding hydrogens is 418 g/mol. The minimum atomic E-state index is -0.404. The molecule has 0 bridgehead atoms. The summed E-state index contributed by atoms with van der Waals surface area (Å²) in [4.78, 5) is 40.7. The fraction of sp³-hybridized carbons (Fsp3) is 0.591.